The molecule has 2 aromatic rings. The molecule has 0 aromatic heterocycles. The van der Waals surface area contributed by atoms with Gasteiger partial charge in [-0.05, 0) is 48.7 Å². The number of carbonyl (C=O) groups excluding carboxylic acids is 1. The number of hydrogen-bond acceptors (Lipinski definition) is 2. The Kier molecular flexibility index (Phi) is 5.02. The van der Waals surface area contributed by atoms with Crippen LogP contribution in [0.3, 0.4) is 0 Å². The van der Waals surface area contributed by atoms with Crippen molar-refractivity contribution in [3.05, 3.63) is 57.6 Å². The second-order valence-electron chi connectivity index (χ2n) is 5.15. The van der Waals surface area contributed by atoms with E-state index in [1.807, 2.05) is 25.1 Å². The van der Waals surface area contributed by atoms with Gasteiger partial charge in [-0.2, -0.15) is 0 Å². The highest BCUT2D eigenvalue weighted by molar-refractivity contribution is 9.10. The van der Waals surface area contributed by atoms with E-state index in [4.69, 9.17) is 0 Å². The number of rotatable bonds is 4. The molecular weight excluding hydrogens is 328 g/mol. The first-order valence-electron chi connectivity index (χ1n) is 6.83. The zero-order valence-electron chi connectivity index (χ0n) is 12.5. The Bertz CT molecular complexity index is 668. The third-order valence-corrected chi connectivity index (χ3v) is 4.14. The lowest BCUT2D eigenvalue weighted by Crippen LogP contribution is -2.08. The van der Waals surface area contributed by atoms with E-state index in [2.05, 4.69) is 51.7 Å². The molecule has 0 heterocycles. The Morgan fingerprint density at radius 1 is 1.10 bits per heavy atom. The Morgan fingerprint density at radius 2 is 1.81 bits per heavy atom. The van der Waals surface area contributed by atoms with Crippen LogP contribution < -0.4 is 10.6 Å². The molecule has 0 aliphatic heterocycles. The first-order chi connectivity index (χ1) is 9.95. The highest BCUT2D eigenvalue weighted by Gasteiger charge is 2.03. The highest BCUT2D eigenvalue weighted by Crippen LogP contribution is 2.22. The van der Waals surface area contributed by atoms with E-state index in [-0.39, 0.29) is 5.91 Å². The molecule has 0 bridgehead atoms. The average Bonchev–Trinajstić information content (AvgIpc) is 2.43. The summed E-state index contributed by atoms with van der Waals surface area (Å²) in [6.07, 6.45) is 0. The van der Waals surface area contributed by atoms with Gasteiger partial charge in [0.1, 0.15) is 0 Å². The fourth-order valence-corrected chi connectivity index (χ4v) is 2.43. The molecule has 1 amide bonds. The maximum Gasteiger partial charge on any atom is 0.221 e. The molecule has 0 aliphatic carbocycles. The molecule has 0 radical (unpaired) electrons. The van der Waals surface area contributed by atoms with E-state index < -0.39 is 0 Å². The van der Waals surface area contributed by atoms with Crippen LogP contribution in [0.1, 0.15) is 23.6 Å². The summed E-state index contributed by atoms with van der Waals surface area (Å²) in [6.45, 7) is 6.30. The highest BCUT2D eigenvalue weighted by atomic mass is 79.9. The number of anilines is 2. The first kappa shape index (κ1) is 15.6. The summed E-state index contributed by atoms with van der Waals surface area (Å²) in [6, 6.07) is 12.3. The van der Waals surface area contributed by atoms with Crippen LogP contribution in [0.25, 0.3) is 0 Å². The molecule has 0 saturated carbocycles. The minimum Gasteiger partial charge on any atom is -0.381 e. The lowest BCUT2D eigenvalue weighted by Gasteiger charge is -2.12. The summed E-state index contributed by atoms with van der Waals surface area (Å²) >= 11 is 3.55. The Labute approximate surface area is 133 Å². The van der Waals surface area contributed by atoms with E-state index in [0.29, 0.717) is 0 Å². The number of amides is 1. The number of halogens is 1. The lowest BCUT2D eigenvalue weighted by molar-refractivity contribution is -0.114. The molecule has 0 aliphatic rings. The number of aryl methyl sites for hydroxylation is 2. The van der Waals surface area contributed by atoms with Crippen molar-refractivity contribution < 1.29 is 4.79 Å². The summed E-state index contributed by atoms with van der Waals surface area (Å²) in [4.78, 5) is 11.2. The number of nitrogens with one attached hydrogen (secondary N) is 2. The molecule has 2 rings (SSSR count). The smallest absolute Gasteiger partial charge is 0.221 e. The maximum atomic E-state index is 11.2. The number of hydrogen-bond donors (Lipinski definition) is 2. The molecule has 2 aromatic carbocycles. The molecule has 3 nitrogen and oxygen atoms in total. The predicted octanol–water partition coefficient (Wildman–Crippen LogP) is 4.64. The van der Waals surface area contributed by atoms with Gasteiger partial charge in [-0.3, -0.25) is 4.79 Å². The van der Waals surface area contributed by atoms with Crippen molar-refractivity contribution in [2.75, 3.05) is 10.6 Å². The maximum absolute atomic E-state index is 11.2. The minimum absolute atomic E-state index is 0.0577. The van der Waals surface area contributed by atoms with E-state index in [0.717, 1.165) is 28.0 Å². The van der Waals surface area contributed by atoms with Crippen LogP contribution in [0.4, 0.5) is 11.4 Å². The molecule has 2 N–H and O–H groups in total. The molecule has 0 unspecified atom stereocenters. The molecule has 0 saturated heterocycles. The van der Waals surface area contributed by atoms with Gasteiger partial charge in [0.2, 0.25) is 5.91 Å². The number of benzene rings is 2. The molecule has 0 spiro atoms. The third-order valence-electron chi connectivity index (χ3n) is 3.28. The molecule has 0 atom stereocenters. The second kappa shape index (κ2) is 6.76. The monoisotopic (exact) mass is 346 g/mol. The largest absolute Gasteiger partial charge is 0.381 e. The van der Waals surface area contributed by atoms with Gasteiger partial charge in [-0.1, -0.05) is 34.1 Å². The SMILES string of the molecule is CC(=O)Nc1cc(NCc2ccc(C)c(Br)c2)ccc1C. The fourth-order valence-electron chi connectivity index (χ4n) is 2.01. The summed E-state index contributed by atoms with van der Waals surface area (Å²) in [5.74, 6) is -0.0577. The normalized spacial score (nSPS) is 10.3. The van der Waals surface area contributed by atoms with E-state index in [1.165, 1.54) is 18.1 Å². The molecule has 21 heavy (non-hydrogen) atoms. The zero-order chi connectivity index (χ0) is 15.4. The van der Waals surface area contributed by atoms with Gasteiger partial charge in [-0.25, -0.2) is 0 Å². The summed E-state index contributed by atoms with van der Waals surface area (Å²) < 4.78 is 1.12. The Balaban J connectivity index is 2.09. The van der Waals surface area contributed by atoms with Crippen LogP contribution in [0.5, 0.6) is 0 Å². The zero-order valence-corrected chi connectivity index (χ0v) is 14.0. The predicted molar refractivity (Wildman–Crippen MR) is 91.7 cm³/mol. The standard InChI is InChI=1S/C17H19BrN2O/c1-11-4-6-14(8-16(11)18)10-19-15-7-5-12(2)17(9-15)20-13(3)21/h4-9,19H,10H2,1-3H3,(H,20,21). The summed E-state index contributed by atoms with van der Waals surface area (Å²) in [5, 5.41) is 6.22. The van der Waals surface area contributed by atoms with Gasteiger partial charge in [0, 0.05) is 29.3 Å². The van der Waals surface area contributed by atoms with Crippen molar-refractivity contribution in [3.63, 3.8) is 0 Å². The Hall–Kier alpha value is -1.81. The molecule has 110 valence electrons. The van der Waals surface area contributed by atoms with Crippen molar-refractivity contribution in [3.8, 4) is 0 Å². The van der Waals surface area contributed by atoms with E-state index in [9.17, 15) is 4.79 Å². The van der Waals surface area contributed by atoms with Gasteiger partial charge in [0.05, 0.1) is 0 Å². The molecular formula is C17H19BrN2O. The fraction of sp³-hybridized carbons (Fsp3) is 0.235. The van der Waals surface area contributed by atoms with E-state index >= 15 is 0 Å². The quantitative estimate of drug-likeness (QED) is 0.846. The topological polar surface area (TPSA) is 41.1 Å². The van der Waals surface area contributed by atoms with Crippen LogP contribution in [-0.2, 0) is 11.3 Å². The van der Waals surface area contributed by atoms with Crippen molar-refractivity contribution in [1.29, 1.82) is 0 Å². The minimum atomic E-state index is -0.0577. The molecule has 0 fully saturated rings. The summed E-state index contributed by atoms with van der Waals surface area (Å²) in [7, 11) is 0. The van der Waals surface area contributed by atoms with Crippen LogP contribution in [0, 0.1) is 13.8 Å². The average molecular weight is 347 g/mol. The van der Waals surface area contributed by atoms with Crippen LogP contribution in [0.15, 0.2) is 40.9 Å². The van der Waals surface area contributed by atoms with Gasteiger partial charge in [-0.15, -0.1) is 0 Å². The number of carbonyl (C=O) groups is 1. The van der Waals surface area contributed by atoms with Crippen LogP contribution in [-0.4, -0.2) is 5.91 Å². The van der Waals surface area contributed by atoms with Gasteiger partial charge >= 0.3 is 0 Å². The van der Waals surface area contributed by atoms with Crippen molar-refractivity contribution >= 4 is 33.2 Å². The van der Waals surface area contributed by atoms with E-state index in [1.54, 1.807) is 0 Å². The summed E-state index contributed by atoms with van der Waals surface area (Å²) in [5.41, 5.74) is 5.31. The van der Waals surface area contributed by atoms with Crippen LogP contribution in [0.2, 0.25) is 0 Å². The van der Waals surface area contributed by atoms with Crippen molar-refractivity contribution in [2.45, 2.75) is 27.3 Å². The van der Waals surface area contributed by atoms with Gasteiger partial charge in [0.15, 0.2) is 0 Å². The van der Waals surface area contributed by atoms with Crippen molar-refractivity contribution in [2.24, 2.45) is 0 Å². The second-order valence-corrected chi connectivity index (χ2v) is 6.00. The molecule has 4 heteroatoms. The van der Waals surface area contributed by atoms with Gasteiger partial charge < -0.3 is 10.6 Å². The first-order valence-corrected chi connectivity index (χ1v) is 7.62. The third kappa shape index (κ3) is 4.33. The van der Waals surface area contributed by atoms with Crippen LogP contribution >= 0.6 is 15.9 Å². The van der Waals surface area contributed by atoms with Gasteiger partial charge in [0.25, 0.3) is 0 Å². The lowest BCUT2D eigenvalue weighted by atomic mass is 10.1. The Morgan fingerprint density at radius 3 is 2.48 bits per heavy atom. The van der Waals surface area contributed by atoms with Crippen molar-refractivity contribution in [1.82, 2.24) is 0 Å².